The van der Waals surface area contributed by atoms with Crippen LogP contribution in [0.5, 0.6) is 0 Å². The van der Waals surface area contributed by atoms with Crippen LogP contribution < -0.4 is 43.4 Å². The Morgan fingerprint density at radius 1 is 0.863 bits per heavy atom. The lowest BCUT2D eigenvalue weighted by Crippen LogP contribution is -2.59. The first-order valence-corrected chi connectivity index (χ1v) is 25.4. The van der Waals surface area contributed by atoms with Crippen molar-refractivity contribution in [2.45, 2.75) is 129 Å². The molecule has 1 fully saturated rings. The van der Waals surface area contributed by atoms with E-state index in [1.165, 1.54) is 45.7 Å². The van der Waals surface area contributed by atoms with E-state index in [4.69, 9.17) is 16.2 Å². The van der Waals surface area contributed by atoms with Crippen molar-refractivity contribution in [1.29, 1.82) is 0 Å². The average Bonchev–Trinajstić information content (AvgIpc) is 3.34. The van der Waals surface area contributed by atoms with Crippen LogP contribution in [0.25, 0.3) is 0 Å². The molecular weight excluding hydrogens is 965 g/mol. The number of thioether (sulfide) groups is 1. The van der Waals surface area contributed by atoms with E-state index >= 15 is 0 Å². The Labute approximate surface area is 431 Å². The third kappa shape index (κ3) is 21.5. The van der Waals surface area contributed by atoms with Crippen LogP contribution in [0.2, 0.25) is 0 Å². The molecule has 1 aliphatic rings. The highest BCUT2D eigenvalue weighted by atomic mass is 32.2. The first kappa shape index (κ1) is 62.4. The summed E-state index contributed by atoms with van der Waals surface area (Å²) in [5.74, 6) is -11.2. The highest BCUT2D eigenvalue weighted by molar-refractivity contribution is 7.99. The standard InChI is InChI=1S/C50H76N10O12S/c1-10-24-73-25-22-37-47(67)59-41(49(70)71)31(5)43(63)56-36(17-14-23-53-50(51)52)46(66)55-35(19-18-28(2)26-29(3)39(72-9)27-34-15-12-11-13-16-34)30(4)42(62)58-38(48(68)69)20-21-40(61)60(8)33(7)45(65)54-32(6)44(64)57-37/h11-13,15-16,18-19,26,29-32,35-39,41H,7,10,14,17,20-25,27H2,1-6,8-9H3,(H,54,65)(H,55,66)(H,56,63)(H,57,64)(H,58,62)(H,59,67)(H,68,69)(H,70,71)(H4,51,52,53)/b19-18+,28-26+/t29-,30-,31-,32+,35-,36-,37-,38+,39-,41+/m0/s1. The van der Waals surface area contributed by atoms with Crippen molar-refractivity contribution in [3.8, 4) is 0 Å². The molecule has 22 nitrogen and oxygen atoms in total. The maximum Gasteiger partial charge on any atom is 0.327 e. The van der Waals surface area contributed by atoms with Gasteiger partial charge in [0.1, 0.15) is 35.9 Å². The zero-order valence-corrected chi connectivity index (χ0v) is 43.9. The summed E-state index contributed by atoms with van der Waals surface area (Å²) in [6, 6.07) is 1.02. The fraction of sp³-hybridized carbons (Fsp3) is 0.560. The number of methoxy groups -OCH3 is 1. The third-order valence-corrected chi connectivity index (χ3v) is 13.4. The number of aliphatic carboxylic acids is 2. The van der Waals surface area contributed by atoms with Gasteiger partial charge in [-0.15, -0.1) is 0 Å². The monoisotopic (exact) mass is 1040 g/mol. The third-order valence-electron chi connectivity index (χ3n) is 12.2. The Kier molecular flexibility index (Phi) is 27.0. The number of benzene rings is 1. The normalized spacial score (nSPS) is 24.9. The molecule has 1 heterocycles. The number of likely N-dealkylation sites (N-methyl/N-ethyl adjacent to an activating group) is 1. The van der Waals surface area contributed by atoms with Crippen LogP contribution in [0.4, 0.5) is 0 Å². The van der Waals surface area contributed by atoms with Crippen molar-refractivity contribution in [1.82, 2.24) is 36.8 Å². The predicted octanol–water partition coefficient (Wildman–Crippen LogP) is 1.11. The number of hydrogen-bond donors (Lipinski definition) is 10. The number of hydrogen-bond acceptors (Lipinski definition) is 12. The van der Waals surface area contributed by atoms with Crippen LogP contribution in [-0.4, -0.2) is 149 Å². The van der Waals surface area contributed by atoms with E-state index in [9.17, 15) is 53.4 Å². The van der Waals surface area contributed by atoms with Crippen molar-refractivity contribution >= 4 is 71.0 Å². The van der Waals surface area contributed by atoms with E-state index in [2.05, 4.69) is 43.5 Å². The van der Waals surface area contributed by atoms with Crippen LogP contribution in [-0.2, 0) is 54.3 Å². The largest absolute Gasteiger partial charge is 0.480 e. The summed E-state index contributed by atoms with van der Waals surface area (Å²) in [6.07, 6.45) is 5.48. The number of carboxylic acids is 2. The van der Waals surface area contributed by atoms with Gasteiger partial charge in [0.05, 0.1) is 24.0 Å². The lowest BCUT2D eigenvalue weighted by molar-refractivity contribution is -0.146. The highest BCUT2D eigenvalue weighted by Gasteiger charge is 2.37. The van der Waals surface area contributed by atoms with E-state index in [1.54, 1.807) is 20.1 Å². The van der Waals surface area contributed by atoms with Gasteiger partial charge in [-0.25, -0.2) is 9.59 Å². The van der Waals surface area contributed by atoms with Gasteiger partial charge in [-0.3, -0.25) is 38.6 Å². The van der Waals surface area contributed by atoms with E-state index in [-0.39, 0.29) is 43.8 Å². The molecule has 0 bridgehead atoms. The number of nitrogens with zero attached hydrogens (tertiary/aromatic N) is 2. The number of aliphatic imine (C=N–C) groups is 1. The lowest BCUT2D eigenvalue weighted by Gasteiger charge is -2.28. The second kappa shape index (κ2) is 31.7. The predicted molar refractivity (Wildman–Crippen MR) is 277 cm³/mol. The summed E-state index contributed by atoms with van der Waals surface area (Å²) in [7, 11) is 2.83. The molecule has 0 spiro atoms. The summed E-state index contributed by atoms with van der Waals surface area (Å²) in [4.78, 5) is 126. The molecule has 7 amide bonds. The number of guanidine groups is 1. The van der Waals surface area contributed by atoms with E-state index < -0.39 is 120 Å². The molecule has 23 heteroatoms. The number of carboxylic acid groups (broad SMARTS) is 2. The molecule has 0 saturated carbocycles. The molecule has 10 atom stereocenters. The molecule has 0 radical (unpaired) electrons. The topological polar surface area (TPSA) is 343 Å². The quantitative estimate of drug-likeness (QED) is 0.0324. The fourth-order valence-electron chi connectivity index (χ4n) is 7.47. The number of nitrogens with two attached hydrogens (primary N) is 2. The Hall–Kier alpha value is -6.75. The number of rotatable bonds is 18. The molecule has 1 aliphatic heterocycles. The molecule has 12 N–H and O–H groups in total. The molecular formula is C50H76N10O12S. The Morgan fingerprint density at radius 3 is 2.08 bits per heavy atom. The zero-order valence-electron chi connectivity index (χ0n) is 43.1. The van der Waals surface area contributed by atoms with Crippen LogP contribution in [0.3, 0.4) is 0 Å². The minimum absolute atomic E-state index is 0.0246. The van der Waals surface area contributed by atoms with Crippen molar-refractivity contribution < 1.29 is 58.1 Å². The molecule has 2 rings (SSSR count). The lowest BCUT2D eigenvalue weighted by atomic mass is 9.94. The van der Waals surface area contributed by atoms with Crippen LogP contribution >= 0.6 is 11.8 Å². The van der Waals surface area contributed by atoms with Gasteiger partial charge in [-0.05, 0) is 69.4 Å². The van der Waals surface area contributed by atoms with Gasteiger partial charge in [0.2, 0.25) is 35.4 Å². The highest BCUT2D eigenvalue weighted by Crippen LogP contribution is 2.19. The number of amides is 7. The summed E-state index contributed by atoms with van der Waals surface area (Å²) in [5, 5.41) is 35.7. The second-order valence-corrected chi connectivity index (χ2v) is 19.3. The minimum atomic E-state index is -1.88. The van der Waals surface area contributed by atoms with Crippen LogP contribution in [0.15, 0.2) is 71.4 Å². The smallest absolute Gasteiger partial charge is 0.327 e. The van der Waals surface area contributed by atoms with Crippen molar-refractivity contribution in [3.63, 3.8) is 0 Å². The minimum Gasteiger partial charge on any atom is -0.480 e. The first-order valence-electron chi connectivity index (χ1n) is 24.2. The summed E-state index contributed by atoms with van der Waals surface area (Å²) in [6.45, 7) is 13.4. The molecule has 1 saturated heterocycles. The fourth-order valence-corrected chi connectivity index (χ4v) is 8.37. The molecule has 404 valence electrons. The van der Waals surface area contributed by atoms with E-state index in [0.717, 1.165) is 22.6 Å². The van der Waals surface area contributed by atoms with Crippen molar-refractivity contribution in [2.75, 3.05) is 32.2 Å². The molecule has 0 unspecified atom stereocenters. The first-order chi connectivity index (χ1) is 34.4. The number of carbonyl (C=O) groups excluding carboxylic acids is 7. The summed E-state index contributed by atoms with van der Waals surface area (Å²) in [5.41, 5.74) is 12.4. The van der Waals surface area contributed by atoms with E-state index in [1.807, 2.05) is 50.3 Å². The number of allylic oxidation sites excluding steroid dienone is 2. The summed E-state index contributed by atoms with van der Waals surface area (Å²) < 4.78 is 5.82. The second-order valence-electron chi connectivity index (χ2n) is 18.0. The van der Waals surface area contributed by atoms with Crippen LogP contribution in [0.1, 0.15) is 85.6 Å². The van der Waals surface area contributed by atoms with Crippen molar-refractivity contribution in [2.24, 2.45) is 34.2 Å². The SMILES string of the molecule is C=C1C(=O)N[C@H](C)C(=O)N[C@@H](CCSCCC)C(=O)N[C@@H](C(=O)O)[C@H](C)C(=O)N[C@@H](CCCN=C(N)N)C(=O)N[C@@H](/C=C/C(C)=C/[C@H](C)[C@H](Cc2ccccc2)OC)[C@H](C)C(=O)N[C@@H](C(=O)O)CCC(=O)N1C. The summed E-state index contributed by atoms with van der Waals surface area (Å²) >= 11 is 1.48. The van der Waals surface area contributed by atoms with Gasteiger partial charge in [-0.1, -0.05) is 88.4 Å². The molecule has 0 aliphatic carbocycles. The molecule has 73 heavy (non-hydrogen) atoms. The average molecular weight is 1040 g/mol. The van der Waals surface area contributed by atoms with E-state index in [0.29, 0.717) is 17.7 Å². The number of ether oxygens (including phenoxy) is 1. The van der Waals surface area contributed by atoms with Gasteiger partial charge < -0.3 is 63.2 Å². The Morgan fingerprint density at radius 2 is 1.48 bits per heavy atom. The number of carbonyl (C=O) groups is 9. The van der Waals surface area contributed by atoms with Gasteiger partial charge in [0.25, 0.3) is 5.91 Å². The Balaban J connectivity index is 2.73. The van der Waals surface area contributed by atoms with Gasteiger partial charge in [0.15, 0.2) is 5.96 Å². The maximum atomic E-state index is 14.4. The molecule has 0 aromatic heterocycles. The van der Waals surface area contributed by atoms with Crippen LogP contribution in [0, 0.1) is 17.8 Å². The molecule has 1 aromatic rings. The molecule has 1 aromatic carbocycles. The Bertz CT molecular complexity index is 2190. The van der Waals surface area contributed by atoms with Gasteiger partial charge >= 0.3 is 11.9 Å². The number of nitrogens with one attached hydrogen (secondary N) is 6. The van der Waals surface area contributed by atoms with Crippen molar-refractivity contribution in [3.05, 3.63) is 72.0 Å². The zero-order chi connectivity index (χ0) is 54.9. The maximum absolute atomic E-state index is 14.4. The van der Waals surface area contributed by atoms with Gasteiger partial charge in [0, 0.05) is 33.0 Å². The van der Waals surface area contributed by atoms with Gasteiger partial charge in [-0.2, -0.15) is 11.8 Å².